The van der Waals surface area contributed by atoms with Crippen LogP contribution in [0.25, 0.3) is 0 Å². The van der Waals surface area contributed by atoms with Gasteiger partial charge in [0.25, 0.3) is 0 Å². The fourth-order valence-electron chi connectivity index (χ4n) is 2.47. The average molecular weight is 301 g/mol. The summed E-state index contributed by atoms with van der Waals surface area (Å²) in [6.45, 7) is 6.18. The molecule has 1 N–H and O–H groups in total. The van der Waals surface area contributed by atoms with Crippen molar-refractivity contribution in [1.82, 2.24) is 9.55 Å². The molecule has 7 heteroatoms. The quantitative estimate of drug-likeness (QED) is 0.768. The topological polar surface area (TPSA) is 73.2 Å². The Morgan fingerprint density at radius 2 is 2.35 bits per heavy atom. The molecule has 0 radical (unpaired) electrons. The fourth-order valence-corrected chi connectivity index (χ4v) is 4.57. The molecule has 1 aliphatic rings. The van der Waals surface area contributed by atoms with Crippen molar-refractivity contribution in [2.45, 2.75) is 38.8 Å². The first-order chi connectivity index (χ1) is 9.44. The van der Waals surface area contributed by atoms with E-state index in [2.05, 4.69) is 10.3 Å². The fraction of sp³-hybridized carbons (Fsp3) is 0.769. The van der Waals surface area contributed by atoms with Gasteiger partial charge in [-0.2, -0.15) is 0 Å². The molecule has 0 amide bonds. The number of sulfone groups is 1. The molecule has 1 fully saturated rings. The van der Waals surface area contributed by atoms with Crippen LogP contribution in [0, 0.1) is 0 Å². The number of nitrogens with one attached hydrogen (secondary N) is 1. The summed E-state index contributed by atoms with van der Waals surface area (Å²) >= 11 is 0. The van der Waals surface area contributed by atoms with Gasteiger partial charge in [0.1, 0.15) is 0 Å². The Bertz CT molecular complexity index is 541. The molecule has 0 aliphatic carbocycles. The molecule has 1 atom stereocenters. The summed E-state index contributed by atoms with van der Waals surface area (Å²) in [5.74, 6) is 1.16. The van der Waals surface area contributed by atoms with E-state index in [1.165, 1.54) is 0 Å². The molecule has 0 spiro atoms. The zero-order chi connectivity index (χ0) is 14.6. The Balaban J connectivity index is 1.95. The first-order valence-electron chi connectivity index (χ1n) is 7.02. The lowest BCUT2D eigenvalue weighted by molar-refractivity contribution is 0.142. The SMILES string of the molecule is CCOCCCn1ccnc1NC1(C)CCS(=O)(=O)C1. The van der Waals surface area contributed by atoms with Crippen LogP contribution in [0.15, 0.2) is 12.4 Å². The summed E-state index contributed by atoms with van der Waals surface area (Å²) in [4.78, 5) is 4.29. The van der Waals surface area contributed by atoms with Gasteiger partial charge in [-0.15, -0.1) is 0 Å². The molecule has 1 aromatic rings. The Hall–Kier alpha value is -1.08. The van der Waals surface area contributed by atoms with Crippen molar-refractivity contribution in [3.63, 3.8) is 0 Å². The van der Waals surface area contributed by atoms with Crippen LogP contribution in [0.4, 0.5) is 5.95 Å². The maximum Gasteiger partial charge on any atom is 0.203 e. The number of nitrogens with zero attached hydrogens (tertiary/aromatic N) is 2. The lowest BCUT2D eigenvalue weighted by atomic mass is 10.0. The summed E-state index contributed by atoms with van der Waals surface area (Å²) in [5.41, 5.74) is -0.415. The predicted octanol–water partition coefficient (Wildman–Crippen LogP) is 1.30. The van der Waals surface area contributed by atoms with Gasteiger partial charge in [-0.05, 0) is 26.7 Å². The molecule has 0 aromatic carbocycles. The highest BCUT2D eigenvalue weighted by Crippen LogP contribution is 2.26. The van der Waals surface area contributed by atoms with Gasteiger partial charge < -0.3 is 14.6 Å². The van der Waals surface area contributed by atoms with Crippen LogP contribution in [0.5, 0.6) is 0 Å². The van der Waals surface area contributed by atoms with Crippen LogP contribution in [0.3, 0.4) is 0 Å². The summed E-state index contributed by atoms with van der Waals surface area (Å²) < 4.78 is 30.6. The van der Waals surface area contributed by atoms with Gasteiger partial charge in [0.2, 0.25) is 5.95 Å². The number of rotatable bonds is 7. The van der Waals surface area contributed by atoms with Crippen molar-refractivity contribution in [3.05, 3.63) is 12.4 Å². The molecule has 0 bridgehead atoms. The highest BCUT2D eigenvalue weighted by Gasteiger charge is 2.39. The minimum atomic E-state index is -2.91. The van der Waals surface area contributed by atoms with E-state index in [1.807, 2.05) is 24.6 Å². The van der Waals surface area contributed by atoms with Gasteiger partial charge in [-0.3, -0.25) is 0 Å². The third-order valence-electron chi connectivity index (χ3n) is 3.52. The molecule has 114 valence electrons. The van der Waals surface area contributed by atoms with E-state index in [0.717, 1.165) is 32.1 Å². The Kier molecular flexibility index (Phi) is 4.70. The molecule has 1 aliphatic heterocycles. The van der Waals surface area contributed by atoms with Gasteiger partial charge in [-0.25, -0.2) is 13.4 Å². The summed E-state index contributed by atoms with van der Waals surface area (Å²) in [5, 5.41) is 3.29. The first-order valence-corrected chi connectivity index (χ1v) is 8.84. The Labute approximate surface area is 120 Å². The van der Waals surface area contributed by atoms with Gasteiger partial charge >= 0.3 is 0 Å². The van der Waals surface area contributed by atoms with Crippen molar-refractivity contribution in [2.75, 3.05) is 30.0 Å². The van der Waals surface area contributed by atoms with Crippen molar-refractivity contribution in [3.8, 4) is 0 Å². The molecule has 1 aromatic heterocycles. The largest absolute Gasteiger partial charge is 0.382 e. The highest BCUT2D eigenvalue weighted by atomic mass is 32.2. The maximum absolute atomic E-state index is 11.6. The molecule has 0 saturated carbocycles. The van der Waals surface area contributed by atoms with E-state index >= 15 is 0 Å². The number of ether oxygens (including phenoxy) is 1. The monoisotopic (exact) mass is 301 g/mol. The van der Waals surface area contributed by atoms with Crippen molar-refractivity contribution >= 4 is 15.8 Å². The van der Waals surface area contributed by atoms with Crippen LogP contribution in [0.2, 0.25) is 0 Å². The minimum absolute atomic E-state index is 0.172. The zero-order valence-electron chi connectivity index (χ0n) is 12.1. The third-order valence-corrected chi connectivity index (χ3v) is 5.43. The van der Waals surface area contributed by atoms with Gasteiger partial charge in [0.15, 0.2) is 9.84 Å². The van der Waals surface area contributed by atoms with Crippen molar-refractivity contribution in [1.29, 1.82) is 0 Å². The Morgan fingerprint density at radius 3 is 3.00 bits per heavy atom. The standard InChI is InChI=1S/C13H23N3O3S/c1-3-19-9-4-7-16-8-6-14-12(16)15-13(2)5-10-20(17,18)11-13/h6,8H,3-5,7,9-11H2,1-2H3,(H,14,15). The number of anilines is 1. The maximum atomic E-state index is 11.6. The molecular formula is C13H23N3O3S. The first kappa shape index (κ1) is 15.3. The second-order valence-corrected chi connectivity index (χ2v) is 7.71. The normalized spacial score (nSPS) is 24.9. The smallest absolute Gasteiger partial charge is 0.203 e. The van der Waals surface area contributed by atoms with E-state index in [-0.39, 0.29) is 11.5 Å². The number of aryl methyl sites for hydroxylation is 1. The second kappa shape index (κ2) is 6.13. The van der Waals surface area contributed by atoms with Crippen LogP contribution in [-0.4, -0.2) is 48.2 Å². The van der Waals surface area contributed by atoms with E-state index in [0.29, 0.717) is 6.42 Å². The number of aromatic nitrogens is 2. The second-order valence-electron chi connectivity index (χ2n) is 5.52. The van der Waals surface area contributed by atoms with E-state index < -0.39 is 15.4 Å². The highest BCUT2D eigenvalue weighted by molar-refractivity contribution is 7.91. The van der Waals surface area contributed by atoms with Crippen LogP contribution in [0.1, 0.15) is 26.7 Å². The predicted molar refractivity (Wildman–Crippen MR) is 78.6 cm³/mol. The molecule has 20 heavy (non-hydrogen) atoms. The summed E-state index contributed by atoms with van der Waals surface area (Å²) in [6, 6.07) is 0. The van der Waals surface area contributed by atoms with Crippen LogP contribution >= 0.6 is 0 Å². The van der Waals surface area contributed by atoms with E-state index in [9.17, 15) is 8.42 Å². The van der Waals surface area contributed by atoms with E-state index in [4.69, 9.17) is 4.74 Å². The molecule has 2 rings (SSSR count). The third kappa shape index (κ3) is 3.96. The molecule has 2 heterocycles. The van der Waals surface area contributed by atoms with Gasteiger partial charge in [0, 0.05) is 32.2 Å². The number of imidazole rings is 1. The van der Waals surface area contributed by atoms with Gasteiger partial charge in [0.05, 0.1) is 17.0 Å². The van der Waals surface area contributed by atoms with Crippen LogP contribution < -0.4 is 5.32 Å². The average Bonchev–Trinajstić information content (AvgIpc) is 2.90. The van der Waals surface area contributed by atoms with Crippen molar-refractivity contribution < 1.29 is 13.2 Å². The summed E-state index contributed by atoms with van der Waals surface area (Å²) in [7, 11) is -2.91. The molecule has 6 nitrogen and oxygen atoms in total. The molecular weight excluding hydrogens is 278 g/mol. The van der Waals surface area contributed by atoms with Crippen molar-refractivity contribution in [2.24, 2.45) is 0 Å². The zero-order valence-corrected chi connectivity index (χ0v) is 12.9. The number of hydrogen-bond acceptors (Lipinski definition) is 5. The van der Waals surface area contributed by atoms with Crippen LogP contribution in [-0.2, 0) is 21.1 Å². The Morgan fingerprint density at radius 1 is 1.55 bits per heavy atom. The lowest BCUT2D eigenvalue weighted by Gasteiger charge is -2.25. The van der Waals surface area contributed by atoms with Gasteiger partial charge in [-0.1, -0.05) is 0 Å². The molecule has 1 unspecified atom stereocenters. The molecule has 1 saturated heterocycles. The number of hydrogen-bond donors (Lipinski definition) is 1. The van der Waals surface area contributed by atoms with E-state index in [1.54, 1.807) is 6.20 Å². The lowest BCUT2D eigenvalue weighted by Crippen LogP contribution is -2.37. The minimum Gasteiger partial charge on any atom is -0.382 e. The summed E-state index contributed by atoms with van der Waals surface area (Å²) in [6.07, 6.45) is 5.17.